The van der Waals surface area contributed by atoms with E-state index in [1.54, 1.807) is 0 Å². The van der Waals surface area contributed by atoms with E-state index < -0.39 is 10.2 Å². The Labute approximate surface area is 197 Å². The number of aromatic nitrogens is 2. The van der Waals surface area contributed by atoms with Crippen molar-refractivity contribution in [3.05, 3.63) is 17.0 Å². The molecule has 186 valence electrons. The van der Waals surface area contributed by atoms with E-state index in [-0.39, 0.29) is 37.4 Å². The molecule has 2 heterocycles. The van der Waals surface area contributed by atoms with Gasteiger partial charge in [-0.15, -0.1) is 0 Å². The minimum absolute atomic E-state index is 0.0500. The number of rotatable bonds is 5. The van der Waals surface area contributed by atoms with Gasteiger partial charge in [0.2, 0.25) is 5.91 Å². The summed E-state index contributed by atoms with van der Waals surface area (Å²) in [4.78, 5) is 25.6. The van der Waals surface area contributed by atoms with Crippen LogP contribution in [0.4, 0.5) is 0 Å². The monoisotopic (exact) mass is 482 g/mol. The van der Waals surface area contributed by atoms with Crippen LogP contribution >= 0.6 is 0 Å². The molecular weight excluding hydrogens is 444 g/mol. The second-order valence-electron chi connectivity index (χ2n) is 9.59. The number of hydrogen-bond acceptors (Lipinski definition) is 5. The summed E-state index contributed by atoms with van der Waals surface area (Å²) in [5.74, 6) is 0.210. The van der Waals surface area contributed by atoms with E-state index in [1.165, 1.54) is 22.7 Å². The lowest BCUT2D eigenvalue weighted by Crippen LogP contribution is -2.42. The van der Waals surface area contributed by atoms with Crippen molar-refractivity contribution in [3.63, 3.8) is 0 Å². The third-order valence-corrected chi connectivity index (χ3v) is 8.25. The molecule has 1 aliphatic heterocycles. The summed E-state index contributed by atoms with van der Waals surface area (Å²) in [6, 6.07) is -0.0500. The van der Waals surface area contributed by atoms with Gasteiger partial charge in [-0.2, -0.15) is 22.1 Å². The fourth-order valence-corrected chi connectivity index (χ4v) is 5.57. The number of carbonyl (C=O) groups excluding carboxylic acids is 2. The Morgan fingerprint density at radius 1 is 1.15 bits per heavy atom. The van der Waals surface area contributed by atoms with Crippen molar-refractivity contribution in [1.29, 1.82) is 0 Å². The van der Waals surface area contributed by atoms with Gasteiger partial charge < -0.3 is 10.6 Å². The molecular formula is C22H38N6O4S. The van der Waals surface area contributed by atoms with E-state index >= 15 is 0 Å². The highest BCUT2D eigenvalue weighted by atomic mass is 32.2. The minimum atomic E-state index is -3.60. The number of nitrogens with zero attached hydrogens (tertiary/aromatic N) is 4. The Balaban J connectivity index is 1.83. The van der Waals surface area contributed by atoms with Crippen LogP contribution in [0.15, 0.2) is 0 Å². The van der Waals surface area contributed by atoms with Gasteiger partial charge in [0, 0.05) is 64.0 Å². The zero-order valence-electron chi connectivity index (χ0n) is 20.3. The zero-order valence-corrected chi connectivity index (χ0v) is 21.1. The first-order valence-corrected chi connectivity index (χ1v) is 13.3. The van der Waals surface area contributed by atoms with Crippen molar-refractivity contribution in [1.82, 2.24) is 29.0 Å². The van der Waals surface area contributed by atoms with Crippen LogP contribution in [0.5, 0.6) is 0 Å². The Hall–Kier alpha value is -1.98. The van der Waals surface area contributed by atoms with Gasteiger partial charge in [0.1, 0.15) is 0 Å². The molecule has 0 saturated carbocycles. The summed E-state index contributed by atoms with van der Waals surface area (Å²) in [5.41, 5.74) is 2.46. The van der Waals surface area contributed by atoms with E-state index in [0.717, 1.165) is 37.1 Å². The summed E-state index contributed by atoms with van der Waals surface area (Å²) < 4.78 is 29.8. The molecule has 0 saturated heterocycles. The van der Waals surface area contributed by atoms with Crippen molar-refractivity contribution >= 4 is 22.0 Å². The van der Waals surface area contributed by atoms with Crippen LogP contribution in [0.3, 0.4) is 0 Å². The minimum Gasteiger partial charge on any atom is -0.353 e. The van der Waals surface area contributed by atoms with Crippen molar-refractivity contribution in [3.8, 4) is 0 Å². The Morgan fingerprint density at radius 2 is 1.88 bits per heavy atom. The smallest absolute Gasteiger partial charge is 0.281 e. The van der Waals surface area contributed by atoms with E-state index in [1.807, 2.05) is 4.68 Å². The molecule has 2 N–H and O–H groups in total. The summed E-state index contributed by atoms with van der Waals surface area (Å²) >= 11 is 0. The molecule has 1 unspecified atom stereocenters. The molecule has 0 aromatic carbocycles. The highest BCUT2D eigenvalue weighted by Crippen LogP contribution is 2.26. The Morgan fingerprint density at radius 3 is 2.58 bits per heavy atom. The molecule has 0 radical (unpaired) electrons. The van der Waals surface area contributed by atoms with Gasteiger partial charge in [-0.05, 0) is 44.4 Å². The average Bonchev–Trinajstić information content (AvgIpc) is 3.10. The molecule has 1 atom stereocenters. The van der Waals surface area contributed by atoms with Gasteiger partial charge in [0.25, 0.3) is 16.1 Å². The lowest BCUT2D eigenvalue weighted by atomic mass is 9.91. The van der Waals surface area contributed by atoms with Gasteiger partial charge in [-0.25, -0.2) is 0 Å². The predicted molar refractivity (Wildman–Crippen MR) is 126 cm³/mol. The molecule has 2 aliphatic rings. The van der Waals surface area contributed by atoms with Crippen molar-refractivity contribution in [2.45, 2.75) is 71.4 Å². The fourth-order valence-electron chi connectivity index (χ4n) is 4.39. The van der Waals surface area contributed by atoms with Crippen LogP contribution in [-0.2, 0) is 34.4 Å². The van der Waals surface area contributed by atoms with Gasteiger partial charge >= 0.3 is 0 Å². The second-order valence-corrected chi connectivity index (χ2v) is 11.7. The molecule has 3 rings (SSSR count). The lowest BCUT2D eigenvalue weighted by Gasteiger charge is -2.26. The number of aryl methyl sites for hydroxylation is 1. The lowest BCUT2D eigenvalue weighted by molar-refractivity contribution is -0.122. The second kappa shape index (κ2) is 11.0. The van der Waals surface area contributed by atoms with Gasteiger partial charge in [-0.1, -0.05) is 13.8 Å². The summed E-state index contributed by atoms with van der Waals surface area (Å²) in [5, 5.41) is 10.7. The highest BCUT2D eigenvalue weighted by Gasteiger charge is 2.30. The van der Waals surface area contributed by atoms with Crippen LogP contribution in [0.1, 0.15) is 67.7 Å². The van der Waals surface area contributed by atoms with Crippen LogP contribution in [0, 0.1) is 5.92 Å². The van der Waals surface area contributed by atoms with Crippen LogP contribution in [-0.4, -0.2) is 78.4 Å². The Kier molecular flexibility index (Phi) is 8.52. The molecule has 1 aromatic heterocycles. The molecule has 1 aromatic rings. The number of nitrogens with one attached hydrogen (secondary N) is 2. The average molecular weight is 483 g/mol. The first-order valence-electron chi connectivity index (χ1n) is 11.9. The maximum Gasteiger partial charge on any atom is 0.281 e. The Bertz CT molecular complexity index is 956. The van der Waals surface area contributed by atoms with E-state index in [2.05, 4.69) is 29.6 Å². The molecule has 2 bridgehead atoms. The molecule has 1 aliphatic carbocycles. The number of fused-ring (bicyclic) bond motifs is 1. The number of hydrogen-bond donors (Lipinski definition) is 2. The molecule has 33 heavy (non-hydrogen) atoms. The highest BCUT2D eigenvalue weighted by molar-refractivity contribution is 7.86. The summed E-state index contributed by atoms with van der Waals surface area (Å²) in [6.45, 7) is 5.98. The van der Waals surface area contributed by atoms with Crippen molar-refractivity contribution in [2.24, 2.45) is 5.92 Å². The number of amides is 2. The fraction of sp³-hybridized carbons (Fsp3) is 0.773. The standard InChI is InChI=1S/C22H38N6O4S/c1-16(2)10-14-28-19-9-8-17-15-18(19)21(25-28)22(30)23-11-6-13-27(33(31,32)26(3)4)12-5-7-20(29)24-17/h16-17H,5-15H2,1-4H3,(H,23,30)(H,24,29). The van der Waals surface area contributed by atoms with Crippen molar-refractivity contribution < 1.29 is 18.0 Å². The first-order chi connectivity index (χ1) is 15.6. The SMILES string of the molecule is CC(C)CCn1nc2c3c1CCC(C3)NC(=O)CCCN(S(=O)(=O)N(C)C)CCCNC2=O. The molecule has 0 spiro atoms. The molecule has 11 heteroatoms. The quantitative estimate of drug-likeness (QED) is 0.647. The van der Waals surface area contributed by atoms with Crippen LogP contribution in [0.2, 0.25) is 0 Å². The van der Waals surface area contributed by atoms with Crippen LogP contribution in [0.25, 0.3) is 0 Å². The number of carbonyl (C=O) groups is 2. The van der Waals surface area contributed by atoms with E-state index in [9.17, 15) is 18.0 Å². The summed E-state index contributed by atoms with van der Waals surface area (Å²) in [6.07, 6.45) is 4.33. The predicted octanol–water partition coefficient (Wildman–Crippen LogP) is 0.925. The zero-order chi connectivity index (χ0) is 24.2. The van der Waals surface area contributed by atoms with Crippen molar-refractivity contribution in [2.75, 3.05) is 33.7 Å². The van der Waals surface area contributed by atoms with Gasteiger partial charge in [0.15, 0.2) is 5.69 Å². The van der Waals surface area contributed by atoms with Gasteiger partial charge in [0.05, 0.1) is 0 Å². The largest absolute Gasteiger partial charge is 0.353 e. The topological polar surface area (TPSA) is 117 Å². The maximum absolute atomic E-state index is 13.0. The van der Waals surface area contributed by atoms with Gasteiger partial charge in [-0.3, -0.25) is 14.3 Å². The molecule has 10 nitrogen and oxygen atoms in total. The van der Waals surface area contributed by atoms with E-state index in [4.69, 9.17) is 0 Å². The third kappa shape index (κ3) is 6.33. The van der Waals surface area contributed by atoms with Crippen LogP contribution < -0.4 is 10.6 Å². The molecule has 0 fully saturated rings. The third-order valence-electron chi connectivity index (χ3n) is 6.31. The maximum atomic E-state index is 13.0. The van der Waals surface area contributed by atoms with E-state index in [0.29, 0.717) is 37.4 Å². The molecule has 2 amide bonds. The summed E-state index contributed by atoms with van der Waals surface area (Å²) in [7, 11) is -0.614. The first kappa shape index (κ1) is 25.6. The normalized spacial score (nSPS) is 21.5.